The van der Waals surface area contributed by atoms with Crippen LogP contribution in [0.2, 0.25) is 0 Å². The van der Waals surface area contributed by atoms with Gasteiger partial charge in [0.15, 0.2) is 0 Å². The third-order valence-corrected chi connectivity index (χ3v) is 3.47. The van der Waals surface area contributed by atoms with Gasteiger partial charge in [0.25, 0.3) is 0 Å². The van der Waals surface area contributed by atoms with Gasteiger partial charge in [0.1, 0.15) is 5.82 Å². The number of primary amides is 1. The quantitative estimate of drug-likeness (QED) is 0.887. The van der Waals surface area contributed by atoms with Crippen molar-refractivity contribution in [3.63, 3.8) is 0 Å². The minimum absolute atomic E-state index is 0.0848. The Morgan fingerprint density at radius 2 is 2.05 bits per heavy atom. The first-order chi connectivity index (χ1) is 9.97. The fourth-order valence-electron chi connectivity index (χ4n) is 2.18. The van der Waals surface area contributed by atoms with E-state index in [9.17, 15) is 9.18 Å². The van der Waals surface area contributed by atoms with E-state index in [1.807, 2.05) is 32.0 Å². The zero-order valence-electron chi connectivity index (χ0n) is 12.2. The highest BCUT2D eigenvalue weighted by Gasteiger charge is 2.09. The largest absolute Gasteiger partial charge is 0.366 e. The van der Waals surface area contributed by atoms with E-state index in [-0.39, 0.29) is 11.9 Å². The molecule has 1 amide bonds. The van der Waals surface area contributed by atoms with Crippen molar-refractivity contribution in [2.45, 2.75) is 26.4 Å². The molecule has 0 radical (unpaired) electrons. The summed E-state index contributed by atoms with van der Waals surface area (Å²) in [6.07, 6.45) is 0. The second-order valence-electron chi connectivity index (χ2n) is 5.19. The van der Waals surface area contributed by atoms with Crippen molar-refractivity contribution in [1.82, 2.24) is 5.32 Å². The number of amides is 1. The summed E-state index contributed by atoms with van der Waals surface area (Å²) < 4.78 is 13.8. The number of nitrogens with one attached hydrogen (secondary N) is 1. The fourth-order valence-corrected chi connectivity index (χ4v) is 2.18. The van der Waals surface area contributed by atoms with Crippen LogP contribution in [0.3, 0.4) is 0 Å². The lowest BCUT2D eigenvalue weighted by atomic mass is 10.0. The second-order valence-corrected chi connectivity index (χ2v) is 5.19. The molecular weight excluding hydrogens is 267 g/mol. The van der Waals surface area contributed by atoms with Crippen LogP contribution >= 0.6 is 0 Å². The molecule has 0 saturated carbocycles. The number of halogens is 1. The first-order valence-corrected chi connectivity index (χ1v) is 6.85. The zero-order valence-corrected chi connectivity index (χ0v) is 12.2. The Balaban J connectivity index is 2.09. The molecule has 110 valence electrons. The summed E-state index contributed by atoms with van der Waals surface area (Å²) >= 11 is 0. The van der Waals surface area contributed by atoms with Crippen LogP contribution in [0.1, 0.15) is 40.0 Å². The van der Waals surface area contributed by atoms with E-state index in [1.54, 1.807) is 0 Å². The molecule has 0 spiro atoms. The lowest BCUT2D eigenvalue weighted by Gasteiger charge is -2.15. The molecule has 0 aliphatic carbocycles. The standard InChI is InChI=1S/C17H19FN2O/c1-11-4-3-5-13(8-11)12(2)20-10-15-9-14(17(19)21)6-7-16(15)18/h3-9,12,20H,10H2,1-2H3,(H2,19,21)/t12-/m1/s1. The summed E-state index contributed by atoms with van der Waals surface area (Å²) in [6, 6.07) is 12.4. The van der Waals surface area contributed by atoms with E-state index in [0.717, 1.165) is 5.56 Å². The van der Waals surface area contributed by atoms with Crippen LogP contribution in [0.15, 0.2) is 42.5 Å². The van der Waals surface area contributed by atoms with Crippen LogP contribution < -0.4 is 11.1 Å². The van der Waals surface area contributed by atoms with Crippen molar-refractivity contribution in [1.29, 1.82) is 0 Å². The molecule has 2 aromatic carbocycles. The highest BCUT2D eigenvalue weighted by molar-refractivity contribution is 5.92. The van der Waals surface area contributed by atoms with Crippen LogP contribution in [0.4, 0.5) is 4.39 Å². The van der Waals surface area contributed by atoms with Gasteiger partial charge < -0.3 is 11.1 Å². The summed E-state index contributed by atoms with van der Waals surface area (Å²) in [4.78, 5) is 11.1. The fraction of sp³-hybridized carbons (Fsp3) is 0.235. The molecule has 4 heteroatoms. The number of aryl methyl sites for hydroxylation is 1. The molecule has 3 N–H and O–H groups in total. The molecule has 3 nitrogen and oxygen atoms in total. The number of carbonyl (C=O) groups is 1. The number of hydrogen-bond acceptors (Lipinski definition) is 2. The molecule has 2 rings (SSSR count). The molecule has 1 atom stereocenters. The van der Waals surface area contributed by atoms with Gasteiger partial charge in [-0.3, -0.25) is 4.79 Å². The molecule has 0 fully saturated rings. The Morgan fingerprint density at radius 1 is 1.29 bits per heavy atom. The summed E-state index contributed by atoms with van der Waals surface area (Å²) in [5, 5.41) is 3.26. The maximum atomic E-state index is 13.8. The smallest absolute Gasteiger partial charge is 0.248 e. The number of hydrogen-bond donors (Lipinski definition) is 2. The predicted molar refractivity (Wildman–Crippen MR) is 81.4 cm³/mol. The van der Waals surface area contributed by atoms with Crippen LogP contribution in [0, 0.1) is 12.7 Å². The highest BCUT2D eigenvalue weighted by Crippen LogP contribution is 2.16. The molecule has 2 aromatic rings. The number of nitrogens with two attached hydrogens (primary N) is 1. The minimum atomic E-state index is -0.553. The van der Waals surface area contributed by atoms with E-state index < -0.39 is 5.91 Å². The van der Waals surface area contributed by atoms with E-state index in [4.69, 9.17) is 5.73 Å². The first-order valence-electron chi connectivity index (χ1n) is 6.85. The Bertz CT molecular complexity index is 655. The highest BCUT2D eigenvalue weighted by atomic mass is 19.1. The molecule has 0 unspecified atom stereocenters. The van der Waals surface area contributed by atoms with Crippen LogP contribution in [0.25, 0.3) is 0 Å². The van der Waals surface area contributed by atoms with E-state index in [0.29, 0.717) is 17.7 Å². The van der Waals surface area contributed by atoms with Gasteiger partial charge in [0.2, 0.25) is 5.91 Å². The molecule has 0 saturated heterocycles. The Hall–Kier alpha value is -2.20. The Morgan fingerprint density at radius 3 is 2.71 bits per heavy atom. The van der Waals surface area contributed by atoms with Crippen molar-refractivity contribution in [3.05, 3.63) is 70.5 Å². The minimum Gasteiger partial charge on any atom is -0.366 e. The van der Waals surface area contributed by atoms with E-state index in [2.05, 4.69) is 11.4 Å². The summed E-state index contributed by atoms with van der Waals surface area (Å²) in [6.45, 7) is 4.39. The van der Waals surface area contributed by atoms with E-state index >= 15 is 0 Å². The van der Waals surface area contributed by atoms with Crippen LogP contribution in [-0.4, -0.2) is 5.91 Å². The maximum absolute atomic E-state index is 13.8. The van der Waals surface area contributed by atoms with Gasteiger partial charge in [-0.05, 0) is 37.6 Å². The van der Waals surface area contributed by atoms with Crippen molar-refractivity contribution in [2.75, 3.05) is 0 Å². The Labute approximate surface area is 124 Å². The van der Waals surface area contributed by atoms with Crippen LogP contribution in [-0.2, 0) is 6.54 Å². The van der Waals surface area contributed by atoms with Gasteiger partial charge in [0, 0.05) is 23.7 Å². The van der Waals surface area contributed by atoms with Gasteiger partial charge in [0.05, 0.1) is 0 Å². The van der Waals surface area contributed by atoms with Gasteiger partial charge >= 0.3 is 0 Å². The maximum Gasteiger partial charge on any atom is 0.248 e. The number of rotatable bonds is 5. The molecule has 0 aliphatic rings. The zero-order chi connectivity index (χ0) is 15.4. The molecule has 0 heterocycles. The second kappa shape index (κ2) is 6.50. The first kappa shape index (κ1) is 15.2. The molecule has 0 aromatic heterocycles. The normalized spacial score (nSPS) is 12.1. The molecule has 0 aliphatic heterocycles. The summed E-state index contributed by atoms with van der Waals surface area (Å²) in [7, 11) is 0. The summed E-state index contributed by atoms with van der Waals surface area (Å²) in [5.74, 6) is -0.896. The third kappa shape index (κ3) is 3.89. The molecule has 0 bridgehead atoms. The van der Waals surface area contributed by atoms with Gasteiger partial charge in [-0.2, -0.15) is 0 Å². The monoisotopic (exact) mass is 286 g/mol. The Kier molecular flexibility index (Phi) is 4.70. The van der Waals surface area contributed by atoms with Crippen molar-refractivity contribution in [3.8, 4) is 0 Å². The molecular formula is C17H19FN2O. The van der Waals surface area contributed by atoms with Gasteiger partial charge in [-0.25, -0.2) is 4.39 Å². The van der Waals surface area contributed by atoms with Crippen LogP contribution in [0.5, 0.6) is 0 Å². The van der Waals surface area contributed by atoms with Gasteiger partial charge in [-0.15, -0.1) is 0 Å². The lowest BCUT2D eigenvalue weighted by Crippen LogP contribution is -2.19. The molecule has 21 heavy (non-hydrogen) atoms. The topological polar surface area (TPSA) is 55.1 Å². The lowest BCUT2D eigenvalue weighted by molar-refractivity contribution is 0.1000. The van der Waals surface area contributed by atoms with Gasteiger partial charge in [-0.1, -0.05) is 29.8 Å². The van der Waals surface area contributed by atoms with E-state index in [1.165, 1.54) is 23.8 Å². The van der Waals surface area contributed by atoms with Crippen molar-refractivity contribution < 1.29 is 9.18 Å². The average molecular weight is 286 g/mol. The predicted octanol–water partition coefficient (Wildman–Crippen LogP) is 3.08. The average Bonchev–Trinajstić information content (AvgIpc) is 2.45. The number of carbonyl (C=O) groups excluding carboxylic acids is 1. The SMILES string of the molecule is Cc1cccc([C@@H](C)NCc2cc(C(N)=O)ccc2F)c1. The number of benzene rings is 2. The summed E-state index contributed by atoms with van der Waals surface area (Å²) in [5.41, 5.74) is 8.29. The van der Waals surface area contributed by atoms with Crippen molar-refractivity contribution >= 4 is 5.91 Å². The van der Waals surface area contributed by atoms with Crippen molar-refractivity contribution in [2.24, 2.45) is 5.73 Å². The third-order valence-electron chi connectivity index (χ3n) is 3.47.